The first-order valence-corrected chi connectivity index (χ1v) is 6.18. The molecule has 0 saturated carbocycles. The van der Waals surface area contributed by atoms with Gasteiger partial charge in [0.05, 0.1) is 18.1 Å². The summed E-state index contributed by atoms with van der Waals surface area (Å²) in [5.74, 6) is 0.00372. The summed E-state index contributed by atoms with van der Waals surface area (Å²) in [6, 6.07) is 13.0. The Morgan fingerprint density at radius 1 is 1.21 bits per heavy atom. The van der Waals surface area contributed by atoms with E-state index >= 15 is 0 Å². The number of carbonyl (C=O) groups is 1. The molecule has 1 N–H and O–H groups in total. The Balaban J connectivity index is 2.11. The summed E-state index contributed by atoms with van der Waals surface area (Å²) in [5, 5.41) is 12.3. The first-order chi connectivity index (χ1) is 9.17. The second-order valence-corrected chi connectivity index (χ2v) is 4.81. The van der Waals surface area contributed by atoms with Crippen LogP contribution in [0.1, 0.15) is 11.1 Å². The molecule has 0 saturated heterocycles. The molecule has 1 aliphatic rings. The highest BCUT2D eigenvalue weighted by Crippen LogP contribution is 2.33. The van der Waals surface area contributed by atoms with Gasteiger partial charge in [-0.3, -0.25) is 4.79 Å². The minimum absolute atomic E-state index is 0.00372. The monoisotopic (exact) mass is 268 g/mol. The molecule has 1 amide bonds. The Morgan fingerprint density at radius 2 is 2.05 bits per heavy atom. The van der Waals surface area contributed by atoms with Gasteiger partial charge in [-0.15, -0.1) is 0 Å². The fourth-order valence-corrected chi connectivity index (χ4v) is 2.44. The lowest BCUT2D eigenvalue weighted by Gasteiger charge is -2.07. The molecule has 3 rings (SSSR count). The number of nitrogens with one attached hydrogen (secondary N) is 1. The largest absolute Gasteiger partial charge is 0.326 e. The van der Waals surface area contributed by atoms with Gasteiger partial charge in [0.15, 0.2) is 0 Å². The highest BCUT2D eigenvalue weighted by molar-refractivity contribution is 6.33. The van der Waals surface area contributed by atoms with Gasteiger partial charge < -0.3 is 5.32 Å². The van der Waals surface area contributed by atoms with E-state index in [1.165, 1.54) is 0 Å². The second kappa shape index (κ2) is 4.42. The summed E-state index contributed by atoms with van der Waals surface area (Å²) < 4.78 is 0. The summed E-state index contributed by atoms with van der Waals surface area (Å²) in [7, 11) is 0. The summed E-state index contributed by atoms with van der Waals surface area (Å²) >= 11 is 6.18. The number of hydrogen-bond acceptors (Lipinski definition) is 2. The average molecular weight is 269 g/mol. The SMILES string of the molecule is N#Cc1ccc(Cl)c(-c2ccc3c(c2)CC(=O)N3)c1. The third-order valence-electron chi connectivity index (χ3n) is 3.14. The van der Waals surface area contributed by atoms with Crippen LogP contribution >= 0.6 is 11.6 Å². The Labute approximate surface area is 115 Å². The molecule has 0 radical (unpaired) electrons. The maximum atomic E-state index is 11.3. The number of fused-ring (bicyclic) bond motifs is 1. The first kappa shape index (κ1) is 11.8. The molecule has 0 spiro atoms. The lowest BCUT2D eigenvalue weighted by molar-refractivity contribution is -0.115. The van der Waals surface area contributed by atoms with Crippen molar-refractivity contribution in [2.75, 3.05) is 5.32 Å². The van der Waals surface area contributed by atoms with Crippen LogP contribution in [0, 0.1) is 11.3 Å². The van der Waals surface area contributed by atoms with Gasteiger partial charge in [0.1, 0.15) is 0 Å². The number of carbonyl (C=O) groups excluding carboxylic acids is 1. The molecule has 4 heteroatoms. The fourth-order valence-electron chi connectivity index (χ4n) is 2.21. The summed E-state index contributed by atoms with van der Waals surface area (Å²) in [4.78, 5) is 11.3. The molecule has 2 aromatic carbocycles. The minimum Gasteiger partial charge on any atom is -0.326 e. The molecule has 0 atom stereocenters. The Kier molecular flexibility index (Phi) is 2.73. The molecule has 19 heavy (non-hydrogen) atoms. The summed E-state index contributed by atoms with van der Waals surface area (Å²) in [6.45, 7) is 0. The molecule has 3 nitrogen and oxygen atoms in total. The van der Waals surface area contributed by atoms with E-state index in [-0.39, 0.29) is 5.91 Å². The van der Waals surface area contributed by atoms with Crippen LogP contribution in [0.25, 0.3) is 11.1 Å². The second-order valence-electron chi connectivity index (χ2n) is 4.40. The molecule has 0 aliphatic carbocycles. The van der Waals surface area contributed by atoms with Crippen LogP contribution in [0.3, 0.4) is 0 Å². The number of rotatable bonds is 1. The van der Waals surface area contributed by atoms with Crippen LogP contribution in [0.2, 0.25) is 5.02 Å². The molecule has 1 aliphatic heterocycles. The van der Waals surface area contributed by atoms with E-state index in [1.54, 1.807) is 18.2 Å². The van der Waals surface area contributed by atoms with Crippen LogP contribution < -0.4 is 5.32 Å². The van der Waals surface area contributed by atoms with E-state index in [1.807, 2.05) is 18.2 Å². The van der Waals surface area contributed by atoms with E-state index in [2.05, 4.69) is 11.4 Å². The number of benzene rings is 2. The van der Waals surface area contributed by atoms with Crippen molar-refractivity contribution in [2.45, 2.75) is 6.42 Å². The number of halogens is 1. The number of anilines is 1. The van der Waals surface area contributed by atoms with Gasteiger partial charge in [0.25, 0.3) is 0 Å². The minimum atomic E-state index is 0.00372. The smallest absolute Gasteiger partial charge is 0.228 e. The average Bonchev–Trinajstić information content (AvgIpc) is 2.78. The van der Waals surface area contributed by atoms with Gasteiger partial charge in [-0.2, -0.15) is 5.26 Å². The fraction of sp³-hybridized carbons (Fsp3) is 0.0667. The number of nitrogens with zero attached hydrogens (tertiary/aromatic N) is 1. The van der Waals surface area contributed by atoms with Crippen molar-refractivity contribution in [1.29, 1.82) is 5.26 Å². The molecule has 0 aromatic heterocycles. The molecule has 2 aromatic rings. The maximum absolute atomic E-state index is 11.3. The van der Waals surface area contributed by atoms with Crippen LogP contribution in [0.15, 0.2) is 36.4 Å². The van der Waals surface area contributed by atoms with Crippen molar-refractivity contribution in [3.63, 3.8) is 0 Å². The zero-order valence-corrected chi connectivity index (χ0v) is 10.7. The number of amides is 1. The third kappa shape index (κ3) is 2.07. The first-order valence-electron chi connectivity index (χ1n) is 5.80. The molecular weight excluding hydrogens is 260 g/mol. The van der Waals surface area contributed by atoms with Crippen LogP contribution in [0.4, 0.5) is 5.69 Å². The molecule has 92 valence electrons. The van der Waals surface area contributed by atoms with Crippen molar-refractivity contribution in [3.8, 4) is 17.2 Å². The quantitative estimate of drug-likeness (QED) is 0.862. The van der Waals surface area contributed by atoms with E-state index in [4.69, 9.17) is 16.9 Å². The maximum Gasteiger partial charge on any atom is 0.228 e. The Bertz CT molecular complexity index is 731. The van der Waals surface area contributed by atoms with Gasteiger partial charge in [0, 0.05) is 16.3 Å². The topological polar surface area (TPSA) is 52.9 Å². The number of nitriles is 1. The standard InChI is InChI=1S/C15H9ClN2O/c16-13-3-1-9(8-17)5-12(13)10-2-4-14-11(6-10)7-15(19)18-14/h1-6H,7H2,(H,18,19). The van der Waals surface area contributed by atoms with Crippen LogP contribution in [-0.2, 0) is 11.2 Å². The lowest BCUT2D eigenvalue weighted by Crippen LogP contribution is -2.03. The molecule has 0 bridgehead atoms. The van der Waals surface area contributed by atoms with Gasteiger partial charge in [-0.05, 0) is 41.5 Å². The normalized spacial score (nSPS) is 12.7. The Hall–Kier alpha value is -2.31. The van der Waals surface area contributed by atoms with E-state index in [0.717, 1.165) is 22.4 Å². The highest BCUT2D eigenvalue weighted by atomic mass is 35.5. The highest BCUT2D eigenvalue weighted by Gasteiger charge is 2.18. The van der Waals surface area contributed by atoms with Gasteiger partial charge in [-0.25, -0.2) is 0 Å². The Morgan fingerprint density at radius 3 is 2.84 bits per heavy atom. The van der Waals surface area contributed by atoms with Crippen LogP contribution in [-0.4, -0.2) is 5.91 Å². The van der Waals surface area contributed by atoms with Crippen molar-refractivity contribution >= 4 is 23.2 Å². The summed E-state index contributed by atoms with van der Waals surface area (Å²) in [5.41, 5.74) is 4.09. The molecular formula is C15H9ClN2O. The zero-order chi connectivity index (χ0) is 13.4. The number of hydrogen-bond donors (Lipinski definition) is 1. The molecule has 0 unspecified atom stereocenters. The van der Waals surface area contributed by atoms with Crippen molar-refractivity contribution < 1.29 is 4.79 Å². The van der Waals surface area contributed by atoms with E-state index in [0.29, 0.717) is 17.0 Å². The zero-order valence-electron chi connectivity index (χ0n) is 9.90. The lowest BCUT2D eigenvalue weighted by atomic mass is 10.00. The van der Waals surface area contributed by atoms with Gasteiger partial charge in [-0.1, -0.05) is 17.7 Å². The predicted molar refractivity (Wildman–Crippen MR) is 73.9 cm³/mol. The molecule has 0 fully saturated rings. The third-order valence-corrected chi connectivity index (χ3v) is 3.47. The molecule has 1 heterocycles. The van der Waals surface area contributed by atoms with Crippen LogP contribution in [0.5, 0.6) is 0 Å². The predicted octanol–water partition coefficient (Wildman–Crippen LogP) is 3.37. The van der Waals surface area contributed by atoms with Gasteiger partial charge in [0.2, 0.25) is 5.91 Å². The van der Waals surface area contributed by atoms with Crippen molar-refractivity contribution in [2.24, 2.45) is 0 Å². The van der Waals surface area contributed by atoms with E-state index in [9.17, 15) is 4.79 Å². The van der Waals surface area contributed by atoms with Gasteiger partial charge >= 0.3 is 0 Å². The van der Waals surface area contributed by atoms with E-state index < -0.39 is 0 Å². The van der Waals surface area contributed by atoms with Crippen molar-refractivity contribution in [1.82, 2.24) is 0 Å². The van der Waals surface area contributed by atoms with Crippen molar-refractivity contribution in [3.05, 3.63) is 52.5 Å². The summed E-state index contributed by atoms with van der Waals surface area (Å²) in [6.07, 6.45) is 0.388.